The summed E-state index contributed by atoms with van der Waals surface area (Å²) in [6.07, 6.45) is 0.503. The lowest BCUT2D eigenvalue weighted by Gasteiger charge is -2.09. The molecule has 22 heavy (non-hydrogen) atoms. The van der Waals surface area contributed by atoms with E-state index in [0.29, 0.717) is 21.8 Å². The van der Waals surface area contributed by atoms with E-state index in [1.54, 1.807) is 0 Å². The topological polar surface area (TPSA) is 48.6 Å². The molecule has 3 rings (SSSR count). The lowest BCUT2D eigenvalue weighted by molar-refractivity contribution is 1.01. The maximum absolute atomic E-state index is 12.3. The molecular weight excluding hydrogens is 316 g/mol. The standard InChI is InChI=1S/C17H13ClN2OS/c18-13-8-6-11(7-9-13)10-14-15(12-4-2-1-3-5-12)19-17(22)20-16(14)21/h1-9H,10H2,(H2,19,20,21,22). The maximum Gasteiger partial charge on any atom is 0.255 e. The molecule has 2 N–H and O–H groups in total. The second-order valence-electron chi connectivity index (χ2n) is 4.93. The van der Waals surface area contributed by atoms with Crippen LogP contribution in [0.5, 0.6) is 0 Å². The Morgan fingerprint density at radius 3 is 2.32 bits per heavy atom. The second kappa shape index (κ2) is 6.30. The van der Waals surface area contributed by atoms with Gasteiger partial charge in [-0.25, -0.2) is 0 Å². The van der Waals surface area contributed by atoms with E-state index in [0.717, 1.165) is 16.8 Å². The number of nitrogens with one attached hydrogen (secondary N) is 2. The summed E-state index contributed by atoms with van der Waals surface area (Å²) >= 11 is 11.0. The predicted molar refractivity (Wildman–Crippen MR) is 91.9 cm³/mol. The quantitative estimate of drug-likeness (QED) is 0.702. The average Bonchev–Trinajstić information content (AvgIpc) is 2.52. The highest BCUT2D eigenvalue weighted by Gasteiger charge is 2.11. The van der Waals surface area contributed by atoms with Gasteiger partial charge in [-0.15, -0.1) is 0 Å². The van der Waals surface area contributed by atoms with Gasteiger partial charge in [0, 0.05) is 17.0 Å². The third-order valence-electron chi connectivity index (χ3n) is 3.40. The van der Waals surface area contributed by atoms with E-state index < -0.39 is 0 Å². The van der Waals surface area contributed by atoms with Gasteiger partial charge in [-0.3, -0.25) is 9.78 Å². The van der Waals surface area contributed by atoms with Crippen molar-refractivity contribution in [1.29, 1.82) is 0 Å². The zero-order valence-electron chi connectivity index (χ0n) is 11.6. The van der Waals surface area contributed by atoms with Gasteiger partial charge >= 0.3 is 0 Å². The summed E-state index contributed by atoms with van der Waals surface area (Å²) < 4.78 is 0.323. The summed E-state index contributed by atoms with van der Waals surface area (Å²) in [5.74, 6) is 0. The van der Waals surface area contributed by atoms with Crippen molar-refractivity contribution in [2.24, 2.45) is 0 Å². The van der Waals surface area contributed by atoms with Crippen molar-refractivity contribution < 1.29 is 0 Å². The van der Waals surface area contributed by atoms with Gasteiger partial charge in [0.05, 0.1) is 5.69 Å². The van der Waals surface area contributed by atoms with Crippen molar-refractivity contribution in [2.75, 3.05) is 0 Å². The van der Waals surface area contributed by atoms with Crippen molar-refractivity contribution in [3.63, 3.8) is 0 Å². The van der Waals surface area contributed by atoms with Crippen LogP contribution in [0.4, 0.5) is 0 Å². The van der Waals surface area contributed by atoms with Gasteiger partial charge in [0.15, 0.2) is 4.77 Å². The van der Waals surface area contributed by atoms with E-state index in [1.165, 1.54) is 0 Å². The van der Waals surface area contributed by atoms with E-state index in [1.807, 2.05) is 54.6 Å². The Morgan fingerprint density at radius 2 is 1.64 bits per heavy atom. The molecule has 0 unspecified atom stereocenters. The molecule has 0 bridgehead atoms. The summed E-state index contributed by atoms with van der Waals surface area (Å²) in [7, 11) is 0. The molecule has 3 aromatic rings. The van der Waals surface area contributed by atoms with E-state index in [4.69, 9.17) is 23.8 Å². The van der Waals surface area contributed by atoms with Crippen LogP contribution in [0.15, 0.2) is 59.4 Å². The smallest absolute Gasteiger partial charge is 0.255 e. The van der Waals surface area contributed by atoms with Crippen LogP contribution >= 0.6 is 23.8 Å². The minimum atomic E-state index is -0.169. The molecular formula is C17H13ClN2OS. The fourth-order valence-electron chi connectivity index (χ4n) is 2.34. The predicted octanol–water partition coefficient (Wildman–Crippen LogP) is 4.34. The molecule has 0 amide bonds. The molecule has 2 aromatic carbocycles. The Bertz CT molecular complexity index is 898. The van der Waals surface area contributed by atoms with Gasteiger partial charge in [-0.05, 0) is 35.5 Å². The Labute approximate surface area is 137 Å². The molecule has 5 heteroatoms. The van der Waals surface area contributed by atoms with E-state index >= 15 is 0 Å². The van der Waals surface area contributed by atoms with Crippen LogP contribution in [-0.4, -0.2) is 9.97 Å². The van der Waals surface area contributed by atoms with Crippen LogP contribution in [-0.2, 0) is 6.42 Å². The van der Waals surface area contributed by atoms with E-state index in [9.17, 15) is 4.79 Å². The number of aromatic nitrogens is 2. The fourth-order valence-corrected chi connectivity index (χ4v) is 2.66. The molecule has 1 heterocycles. The van der Waals surface area contributed by atoms with Crippen molar-refractivity contribution in [3.05, 3.63) is 85.9 Å². The van der Waals surface area contributed by atoms with Gasteiger partial charge in [0.25, 0.3) is 5.56 Å². The minimum Gasteiger partial charge on any atom is -0.331 e. The highest BCUT2D eigenvalue weighted by molar-refractivity contribution is 7.71. The molecule has 0 spiro atoms. The van der Waals surface area contributed by atoms with Gasteiger partial charge in [-0.1, -0.05) is 54.1 Å². The first-order valence-electron chi connectivity index (χ1n) is 6.79. The van der Waals surface area contributed by atoms with Crippen LogP contribution in [0, 0.1) is 4.77 Å². The largest absolute Gasteiger partial charge is 0.331 e. The minimum absolute atomic E-state index is 0.169. The molecule has 0 aliphatic carbocycles. The SMILES string of the molecule is O=c1[nH]c(=S)[nH]c(-c2ccccc2)c1Cc1ccc(Cl)cc1. The summed E-state index contributed by atoms with van der Waals surface area (Å²) in [5, 5.41) is 0.674. The summed E-state index contributed by atoms with van der Waals surface area (Å²) in [6, 6.07) is 17.2. The van der Waals surface area contributed by atoms with Crippen LogP contribution in [0.25, 0.3) is 11.3 Å². The van der Waals surface area contributed by atoms with Gasteiger partial charge in [0.2, 0.25) is 0 Å². The van der Waals surface area contributed by atoms with Crippen molar-refractivity contribution >= 4 is 23.8 Å². The third kappa shape index (κ3) is 3.18. The molecule has 0 aliphatic rings. The number of benzene rings is 2. The first kappa shape index (κ1) is 14.8. The van der Waals surface area contributed by atoms with E-state index in [-0.39, 0.29) is 5.56 Å². The van der Waals surface area contributed by atoms with E-state index in [2.05, 4.69) is 9.97 Å². The first-order chi connectivity index (χ1) is 10.6. The Morgan fingerprint density at radius 1 is 0.955 bits per heavy atom. The molecule has 0 aliphatic heterocycles. The highest BCUT2D eigenvalue weighted by Crippen LogP contribution is 2.21. The monoisotopic (exact) mass is 328 g/mol. The summed E-state index contributed by atoms with van der Waals surface area (Å²) in [4.78, 5) is 18.1. The van der Waals surface area contributed by atoms with Gasteiger partial charge < -0.3 is 4.98 Å². The number of rotatable bonds is 3. The average molecular weight is 329 g/mol. The molecule has 0 saturated carbocycles. The molecule has 1 aromatic heterocycles. The number of H-pyrrole nitrogens is 2. The summed E-state index contributed by atoms with van der Waals surface area (Å²) in [5.41, 5.74) is 3.19. The Balaban J connectivity index is 2.12. The molecule has 3 nitrogen and oxygen atoms in total. The van der Waals surface area contributed by atoms with Crippen LogP contribution < -0.4 is 5.56 Å². The zero-order valence-corrected chi connectivity index (χ0v) is 13.2. The van der Waals surface area contributed by atoms with Gasteiger partial charge in [0.1, 0.15) is 0 Å². The Hall–Kier alpha value is -2.17. The van der Waals surface area contributed by atoms with Crippen molar-refractivity contribution in [1.82, 2.24) is 9.97 Å². The lowest BCUT2D eigenvalue weighted by atomic mass is 10.0. The fraction of sp³-hybridized carbons (Fsp3) is 0.0588. The third-order valence-corrected chi connectivity index (χ3v) is 3.85. The molecule has 0 atom stereocenters. The van der Waals surface area contributed by atoms with Crippen molar-refractivity contribution in [2.45, 2.75) is 6.42 Å². The number of hydrogen-bond acceptors (Lipinski definition) is 2. The molecule has 0 radical (unpaired) electrons. The second-order valence-corrected chi connectivity index (χ2v) is 5.78. The number of halogens is 1. The van der Waals surface area contributed by atoms with Crippen LogP contribution in [0.2, 0.25) is 5.02 Å². The normalized spacial score (nSPS) is 10.6. The Kier molecular flexibility index (Phi) is 4.22. The molecule has 110 valence electrons. The summed E-state index contributed by atoms with van der Waals surface area (Å²) in [6.45, 7) is 0. The van der Waals surface area contributed by atoms with Gasteiger partial charge in [-0.2, -0.15) is 0 Å². The van der Waals surface area contributed by atoms with Crippen LogP contribution in [0.3, 0.4) is 0 Å². The molecule has 0 saturated heterocycles. The zero-order chi connectivity index (χ0) is 15.5. The highest BCUT2D eigenvalue weighted by atomic mass is 35.5. The number of aromatic amines is 2. The van der Waals surface area contributed by atoms with Crippen LogP contribution in [0.1, 0.15) is 11.1 Å². The number of hydrogen-bond donors (Lipinski definition) is 2. The molecule has 0 fully saturated rings. The maximum atomic E-state index is 12.3. The first-order valence-corrected chi connectivity index (χ1v) is 7.57. The lowest BCUT2D eigenvalue weighted by Crippen LogP contribution is -2.16. The van der Waals surface area contributed by atoms with Crippen molar-refractivity contribution in [3.8, 4) is 11.3 Å².